The van der Waals surface area contributed by atoms with Gasteiger partial charge in [-0.05, 0) is 46.3 Å². The minimum Gasteiger partial charge on any atom is -0.351 e. The van der Waals surface area contributed by atoms with Crippen molar-refractivity contribution in [2.75, 3.05) is 6.54 Å². The molecule has 1 aromatic carbocycles. The highest BCUT2D eigenvalue weighted by Crippen LogP contribution is 2.44. The molecule has 0 radical (unpaired) electrons. The Morgan fingerprint density at radius 1 is 1.50 bits per heavy atom. The van der Waals surface area contributed by atoms with E-state index in [1.54, 1.807) is 0 Å². The Balaban J connectivity index is 2.28. The molecule has 1 aliphatic carbocycles. The number of nitrogens with one attached hydrogen (secondary N) is 1. The van der Waals surface area contributed by atoms with Crippen molar-refractivity contribution in [1.82, 2.24) is 5.32 Å². The first-order valence-corrected chi connectivity index (χ1v) is 8.64. The predicted molar refractivity (Wildman–Crippen MR) is 80.2 cm³/mol. The maximum absolute atomic E-state index is 12.1. The number of hydrogen-bond donors (Lipinski definition) is 2. The summed E-state index contributed by atoms with van der Waals surface area (Å²) in [4.78, 5) is 11.9. The lowest BCUT2D eigenvalue weighted by molar-refractivity contribution is 0.0946. The van der Waals surface area contributed by atoms with Gasteiger partial charge < -0.3 is 5.32 Å². The fourth-order valence-electron chi connectivity index (χ4n) is 1.70. The molecule has 0 spiro atoms. The van der Waals surface area contributed by atoms with Gasteiger partial charge in [-0.3, -0.25) is 4.79 Å². The van der Waals surface area contributed by atoms with Crippen molar-refractivity contribution in [2.24, 2.45) is 10.6 Å². The monoisotopic (exact) mass is 380 g/mol. The van der Waals surface area contributed by atoms with Crippen LogP contribution in [0, 0.1) is 5.41 Å². The molecular weight excluding hydrogens is 368 g/mol. The predicted octanol–water partition coefficient (Wildman–Crippen LogP) is 2.28. The number of nitrogens with two attached hydrogens (primary N) is 1. The van der Waals surface area contributed by atoms with Gasteiger partial charge in [0.2, 0.25) is 10.0 Å². The van der Waals surface area contributed by atoms with Crippen LogP contribution < -0.4 is 10.5 Å². The number of benzene rings is 1. The number of rotatable bonds is 4. The molecular formula is C12H14BrClN2O3S. The molecule has 0 saturated heterocycles. The van der Waals surface area contributed by atoms with Gasteiger partial charge in [0.15, 0.2) is 0 Å². The van der Waals surface area contributed by atoms with Gasteiger partial charge in [0.25, 0.3) is 5.91 Å². The number of halogens is 2. The molecule has 0 unspecified atom stereocenters. The average Bonchev–Trinajstić information content (AvgIpc) is 3.03. The molecule has 1 aliphatic rings. The summed E-state index contributed by atoms with van der Waals surface area (Å²) < 4.78 is 23.1. The molecule has 2 rings (SSSR count). The Morgan fingerprint density at radius 3 is 2.60 bits per heavy atom. The molecule has 20 heavy (non-hydrogen) atoms. The van der Waals surface area contributed by atoms with E-state index in [4.69, 9.17) is 16.7 Å². The van der Waals surface area contributed by atoms with Crippen molar-refractivity contribution in [1.29, 1.82) is 0 Å². The van der Waals surface area contributed by atoms with Crippen LogP contribution in [0.1, 0.15) is 30.1 Å². The van der Waals surface area contributed by atoms with Crippen molar-refractivity contribution >= 4 is 43.5 Å². The summed E-state index contributed by atoms with van der Waals surface area (Å²) in [6.07, 6.45) is 2.15. The SMILES string of the molecule is CC1(CNC(=O)c2cc(S(N)(=O)=O)c(Br)cc2Cl)CC1. The summed E-state index contributed by atoms with van der Waals surface area (Å²) in [5.74, 6) is -0.402. The molecule has 5 nitrogen and oxygen atoms in total. The van der Waals surface area contributed by atoms with Crippen LogP contribution in [-0.4, -0.2) is 20.9 Å². The Bertz CT molecular complexity index is 672. The minimum atomic E-state index is -3.92. The molecule has 1 amide bonds. The molecule has 8 heteroatoms. The first-order valence-electron chi connectivity index (χ1n) is 5.92. The highest BCUT2D eigenvalue weighted by Gasteiger charge is 2.37. The summed E-state index contributed by atoms with van der Waals surface area (Å²) >= 11 is 9.06. The number of primary sulfonamides is 1. The molecule has 0 atom stereocenters. The molecule has 1 saturated carbocycles. The molecule has 0 heterocycles. The van der Waals surface area contributed by atoms with E-state index >= 15 is 0 Å². The lowest BCUT2D eigenvalue weighted by Gasteiger charge is -2.12. The van der Waals surface area contributed by atoms with Crippen molar-refractivity contribution in [3.05, 3.63) is 27.2 Å². The zero-order chi connectivity index (χ0) is 15.1. The Morgan fingerprint density at radius 2 is 2.10 bits per heavy atom. The van der Waals surface area contributed by atoms with E-state index < -0.39 is 15.9 Å². The van der Waals surface area contributed by atoms with Gasteiger partial charge in [-0.2, -0.15) is 0 Å². The second-order valence-electron chi connectivity index (χ2n) is 5.30. The Labute approximate surface area is 131 Å². The van der Waals surface area contributed by atoms with Crippen LogP contribution in [0.25, 0.3) is 0 Å². The zero-order valence-corrected chi connectivity index (χ0v) is 13.9. The summed E-state index contributed by atoms with van der Waals surface area (Å²) in [6, 6.07) is 2.54. The van der Waals surface area contributed by atoms with E-state index in [2.05, 4.69) is 28.2 Å². The zero-order valence-electron chi connectivity index (χ0n) is 10.7. The van der Waals surface area contributed by atoms with Gasteiger partial charge in [-0.1, -0.05) is 18.5 Å². The summed E-state index contributed by atoms with van der Waals surface area (Å²) in [5.41, 5.74) is 0.253. The fraction of sp³-hybridized carbons (Fsp3) is 0.417. The van der Waals surface area contributed by atoms with Gasteiger partial charge in [-0.15, -0.1) is 0 Å². The lowest BCUT2D eigenvalue weighted by atomic mass is 10.1. The third-order valence-electron chi connectivity index (χ3n) is 3.35. The molecule has 0 bridgehead atoms. The van der Waals surface area contributed by atoms with Crippen LogP contribution in [-0.2, 0) is 10.0 Å². The summed E-state index contributed by atoms with van der Waals surface area (Å²) in [6.45, 7) is 2.62. The van der Waals surface area contributed by atoms with Gasteiger partial charge in [0, 0.05) is 11.0 Å². The molecule has 3 N–H and O–H groups in total. The normalized spacial score (nSPS) is 16.8. The molecule has 1 aromatic rings. The molecule has 110 valence electrons. The maximum atomic E-state index is 12.1. The minimum absolute atomic E-state index is 0.100. The van der Waals surface area contributed by atoms with E-state index in [1.165, 1.54) is 12.1 Å². The number of sulfonamides is 1. The largest absolute Gasteiger partial charge is 0.351 e. The van der Waals surface area contributed by atoms with Crippen molar-refractivity contribution in [3.63, 3.8) is 0 Å². The third-order valence-corrected chi connectivity index (χ3v) is 5.53. The molecule has 1 fully saturated rings. The van der Waals surface area contributed by atoms with Gasteiger partial charge in [0.1, 0.15) is 0 Å². The van der Waals surface area contributed by atoms with Crippen molar-refractivity contribution < 1.29 is 13.2 Å². The van der Waals surface area contributed by atoms with E-state index in [-0.39, 0.29) is 25.4 Å². The van der Waals surface area contributed by atoms with Gasteiger partial charge >= 0.3 is 0 Å². The second-order valence-corrected chi connectivity index (χ2v) is 8.09. The smallest absolute Gasteiger partial charge is 0.252 e. The molecule has 0 aliphatic heterocycles. The van der Waals surface area contributed by atoms with E-state index in [0.29, 0.717) is 6.54 Å². The van der Waals surface area contributed by atoms with E-state index in [0.717, 1.165) is 12.8 Å². The van der Waals surface area contributed by atoms with Crippen molar-refractivity contribution in [3.8, 4) is 0 Å². The van der Waals surface area contributed by atoms with Gasteiger partial charge in [-0.25, -0.2) is 13.6 Å². The second kappa shape index (κ2) is 5.29. The van der Waals surface area contributed by atoms with Crippen LogP contribution in [0.3, 0.4) is 0 Å². The topological polar surface area (TPSA) is 89.3 Å². The standard InChI is InChI=1S/C12H14BrClN2O3S/c1-12(2-3-12)6-16-11(17)7-4-10(20(15,18)19)8(13)5-9(7)14/h4-5H,2-3,6H2,1H3,(H,16,17)(H2,15,18,19). The lowest BCUT2D eigenvalue weighted by Crippen LogP contribution is -2.29. The van der Waals surface area contributed by atoms with Crippen LogP contribution in [0.4, 0.5) is 0 Å². The highest BCUT2D eigenvalue weighted by atomic mass is 79.9. The maximum Gasteiger partial charge on any atom is 0.252 e. The average molecular weight is 382 g/mol. The Kier molecular flexibility index (Phi) is 4.17. The third kappa shape index (κ3) is 3.52. The quantitative estimate of drug-likeness (QED) is 0.838. The first kappa shape index (κ1) is 15.8. The summed E-state index contributed by atoms with van der Waals surface area (Å²) in [7, 11) is -3.92. The Hall–Kier alpha value is -0.630. The van der Waals surface area contributed by atoms with Crippen LogP contribution in [0.15, 0.2) is 21.5 Å². The number of carbonyl (C=O) groups is 1. The number of carbonyl (C=O) groups excluding carboxylic acids is 1. The first-order chi connectivity index (χ1) is 9.12. The van der Waals surface area contributed by atoms with Crippen LogP contribution >= 0.6 is 27.5 Å². The number of hydrogen-bond acceptors (Lipinski definition) is 3. The van der Waals surface area contributed by atoms with E-state index in [9.17, 15) is 13.2 Å². The van der Waals surface area contributed by atoms with Gasteiger partial charge in [0.05, 0.1) is 15.5 Å². The summed E-state index contributed by atoms with van der Waals surface area (Å²) in [5, 5.41) is 8.03. The van der Waals surface area contributed by atoms with Crippen molar-refractivity contribution in [2.45, 2.75) is 24.7 Å². The van der Waals surface area contributed by atoms with E-state index in [1.807, 2.05) is 0 Å². The van der Waals surface area contributed by atoms with Crippen LogP contribution in [0.5, 0.6) is 0 Å². The number of amides is 1. The van der Waals surface area contributed by atoms with Crippen LogP contribution in [0.2, 0.25) is 5.02 Å². The fourth-order valence-corrected chi connectivity index (χ4v) is 3.71. The highest BCUT2D eigenvalue weighted by molar-refractivity contribution is 9.10. The molecule has 0 aromatic heterocycles.